The van der Waals surface area contributed by atoms with Crippen molar-refractivity contribution in [2.45, 2.75) is 0 Å². The summed E-state index contributed by atoms with van der Waals surface area (Å²) in [5, 5.41) is 12.7. The second-order valence-corrected chi connectivity index (χ2v) is 4.36. The first-order valence-corrected chi connectivity index (χ1v) is 5.62. The van der Waals surface area contributed by atoms with Crippen molar-refractivity contribution in [2.24, 2.45) is 7.05 Å². The van der Waals surface area contributed by atoms with Crippen molar-refractivity contribution in [3.05, 3.63) is 40.0 Å². The fourth-order valence-electron chi connectivity index (χ4n) is 1.59. The molecule has 1 aromatic carbocycles. The fourth-order valence-corrected chi connectivity index (χ4v) is 2.33. The number of nitrogens with zero attached hydrogens (tertiary/aromatic N) is 2. The predicted molar refractivity (Wildman–Crippen MR) is 63.2 cm³/mol. The van der Waals surface area contributed by atoms with E-state index in [1.807, 2.05) is 0 Å². The van der Waals surface area contributed by atoms with Crippen molar-refractivity contribution >= 4 is 21.9 Å². The molecule has 7 heteroatoms. The molecule has 94 valence electrons. The van der Waals surface area contributed by atoms with Gasteiger partial charge >= 0.3 is 5.97 Å². The van der Waals surface area contributed by atoms with Gasteiger partial charge in [0.25, 0.3) is 0 Å². The van der Waals surface area contributed by atoms with Crippen LogP contribution in [0.3, 0.4) is 0 Å². The number of aryl methyl sites for hydroxylation is 1. The Labute approximate surface area is 109 Å². The van der Waals surface area contributed by atoms with Crippen LogP contribution in [0.1, 0.15) is 10.5 Å². The zero-order valence-corrected chi connectivity index (χ0v) is 10.7. The average Bonchev–Trinajstić information content (AvgIpc) is 2.59. The summed E-state index contributed by atoms with van der Waals surface area (Å²) in [7, 11) is 1.52. The summed E-state index contributed by atoms with van der Waals surface area (Å²) in [6.07, 6.45) is 0. The third-order valence-electron chi connectivity index (χ3n) is 2.39. The van der Waals surface area contributed by atoms with Crippen LogP contribution in [0.2, 0.25) is 0 Å². The van der Waals surface area contributed by atoms with Crippen LogP contribution in [0.5, 0.6) is 0 Å². The summed E-state index contributed by atoms with van der Waals surface area (Å²) in [4.78, 5) is 10.9. The van der Waals surface area contributed by atoms with E-state index in [9.17, 15) is 13.6 Å². The second kappa shape index (κ2) is 4.49. The molecule has 0 unspecified atom stereocenters. The van der Waals surface area contributed by atoms with Crippen molar-refractivity contribution in [1.82, 2.24) is 9.78 Å². The van der Waals surface area contributed by atoms with Gasteiger partial charge in [0.15, 0.2) is 17.3 Å². The predicted octanol–water partition coefficient (Wildman–Crippen LogP) is 2.83. The van der Waals surface area contributed by atoms with E-state index in [0.29, 0.717) is 11.3 Å². The Hall–Kier alpha value is -1.76. The number of rotatable bonds is 2. The summed E-state index contributed by atoms with van der Waals surface area (Å²) in [5.74, 6) is -3.17. The number of carboxylic acids is 1. The Kier molecular flexibility index (Phi) is 3.16. The van der Waals surface area contributed by atoms with Crippen LogP contribution in [0.25, 0.3) is 11.3 Å². The van der Waals surface area contributed by atoms with Gasteiger partial charge in [-0.2, -0.15) is 5.10 Å². The van der Waals surface area contributed by atoms with Gasteiger partial charge in [-0.05, 0) is 34.1 Å². The van der Waals surface area contributed by atoms with Crippen LogP contribution in [0, 0.1) is 11.6 Å². The van der Waals surface area contributed by atoms with Gasteiger partial charge in [-0.15, -0.1) is 0 Å². The first-order valence-electron chi connectivity index (χ1n) is 4.83. The summed E-state index contributed by atoms with van der Waals surface area (Å²) in [6.45, 7) is 0. The molecular weight excluding hydrogens is 310 g/mol. The van der Waals surface area contributed by atoms with Crippen molar-refractivity contribution < 1.29 is 18.7 Å². The Morgan fingerprint density at radius 2 is 2.06 bits per heavy atom. The highest BCUT2D eigenvalue weighted by Crippen LogP contribution is 2.31. The first-order chi connectivity index (χ1) is 8.41. The van der Waals surface area contributed by atoms with Gasteiger partial charge in [-0.3, -0.25) is 4.68 Å². The number of halogens is 3. The van der Waals surface area contributed by atoms with E-state index < -0.39 is 17.6 Å². The van der Waals surface area contributed by atoms with Crippen LogP contribution in [0.4, 0.5) is 8.78 Å². The number of aromatic nitrogens is 2. The van der Waals surface area contributed by atoms with Crippen molar-refractivity contribution in [2.75, 3.05) is 0 Å². The Morgan fingerprint density at radius 1 is 1.39 bits per heavy atom. The number of carbonyl (C=O) groups is 1. The minimum Gasteiger partial charge on any atom is -0.476 e. The van der Waals surface area contributed by atoms with Gasteiger partial charge in [-0.1, -0.05) is 0 Å². The fraction of sp³-hybridized carbons (Fsp3) is 0.0909. The van der Waals surface area contributed by atoms with E-state index in [2.05, 4.69) is 21.0 Å². The Bertz CT molecular complexity index is 640. The lowest BCUT2D eigenvalue weighted by molar-refractivity contribution is 0.0688. The molecule has 1 N–H and O–H groups in total. The molecule has 0 aliphatic rings. The lowest BCUT2D eigenvalue weighted by atomic mass is 10.1. The molecule has 0 atom stereocenters. The Morgan fingerprint density at radius 3 is 2.56 bits per heavy atom. The van der Waals surface area contributed by atoms with Crippen LogP contribution in [-0.4, -0.2) is 20.9 Å². The lowest BCUT2D eigenvalue weighted by Gasteiger charge is -2.03. The molecule has 0 saturated heterocycles. The molecule has 0 radical (unpaired) electrons. The van der Waals surface area contributed by atoms with Crippen LogP contribution < -0.4 is 0 Å². The zero-order valence-electron chi connectivity index (χ0n) is 9.12. The van der Waals surface area contributed by atoms with Crippen LogP contribution in [-0.2, 0) is 7.05 Å². The van der Waals surface area contributed by atoms with E-state index in [-0.39, 0.29) is 10.2 Å². The molecular formula is C11H7BrF2N2O2. The minimum atomic E-state index is -1.20. The molecule has 2 aromatic rings. The molecule has 0 fully saturated rings. The Balaban J connectivity index is 2.64. The minimum absolute atomic E-state index is 0.183. The molecule has 1 heterocycles. The van der Waals surface area contributed by atoms with Gasteiger partial charge in [0.1, 0.15) is 0 Å². The molecule has 2 rings (SSSR count). The third-order valence-corrected chi connectivity index (χ3v) is 3.14. The monoisotopic (exact) mass is 316 g/mol. The van der Waals surface area contributed by atoms with Crippen molar-refractivity contribution in [1.29, 1.82) is 0 Å². The van der Waals surface area contributed by atoms with Gasteiger partial charge in [0.05, 0.1) is 10.2 Å². The summed E-state index contributed by atoms with van der Waals surface area (Å²) in [5.41, 5.74) is 0.520. The maximum atomic E-state index is 13.2. The van der Waals surface area contributed by atoms with E-state index in [0.717, 1.165) is 12.1 Å². The summed E-state index contributed by atoms with van der Waals surface area (Å²) in [6, 6.07) is 3.32. The van der Waals surface area contributed by atoms with E-state index in [4.69, 9.17) is 5.11 Å². The topological polar surface area (TPSA) is 55.1 Å². The molecule has 0 aliphatic heterocycles. The summed E-state index contributed by atoms with van der Waals surface area (Å²) >= 11 is 3.10. The molecule has 4 nitrogen and oxygen atoms in total. The molecule has 0 saturated carbocycles. The number of hydrogen-bond acceptors (Lipinski definition) is 2. The highest BCUT2D eigenvalue weighted by Gasteiger charge is 2.21. The highest BCUT2D eigenvalue weighted by molar-refractivity contribution is 9.10. The molecule has 18 heavy (non-hydrogen) atoms. The second-order valence-electron chi connectivity index (χ2n) is 3.57. The summed E-state index contributed by atoms with van der Waals surface area (Å²) < 4.78 is 27.5. The smallest absolute Gasteiger partial charge is 0.357 e. The van der Waals surface area contributed by atoms with E-state index >= 15 is 0 Å². The molecule has 0 spiro atoms. The number of benzene rings is 1. The van der Waals surface area contributed by atoms with Gasteiger partial charge in [0, 0.05) is 12.6 Å². The van der Waals surface area contributed by atoms with Gasteiger partial charge < -0.3 is 5.11 Å². The molecule has 0 aliphatic carbocycles. The van der Waals surface area contributed by atoms with E-state index in [1.54, 1.807) is 0 Å². The van der Waals surface area contributed by atoms with Gasteiger partial charge in [0.2, 0.25) is 0 Å². The number of carboxylic acid groups (broad SMARTS) is 1. The van der Waals surface area contributed by atoms with Crippen LogP contribution in [0.15, 0.2) is 22.7 Å². The molecule has 1 aromatic heterocycles. The molecule has 0 bridgehead atoms. The van der Waals surface area contributed by atoms with Crippen molar-refractivity contribution in [3.63, 3.8) is 0 Å². The van der Waals surface area contributed by atoms with Crippen molar-refractivity contribution in [3.8, 4) is 11.3 Å². The number of hydrogen-bond donors (Lipinski definition) is 1. The van der Waals surface area contributed by atoms with E-state index in [1.165, 1.54) is 17.8 Å². The average molecular weight is 317 g/mol. The normalized spacial score (nSPS) is 10.7. The third kappa shape index (κ3) is 2.01. The molecule has 0 amide bonds. The standard InChI is InChI=1S/C11H7BrF2N2O2/c1-16-10(8(12)9(15-16)11(17)18)5-2-3-6(13)7(14)4-5/h2-4H,1H3,(H,17,18). The first kappa shape index (κ1) is 12.7. The maximum Gasteiger partial charge on any atom is 0.357 e. The van der Waals surface area contributed by atoms with Gasteiger partial charge in [-0.25, -0.2) is 13.6 Å². The maximum absolute atomic E-state index is 13.2. The van der Waals surface area contributed by atoms with Crippen LogP contribution >= 0.6 is 15.9 Å². The highest BCUT2D eigenvalue weighted by atomic mass is 79.9. The zero-order chi connectivity index (χ0) is 13.4. The largest absolute Gasteiger partial charge is 0.476 e. The lowest BCUT2D eigenvalue weighted by Crippen LogP contribution is -1.99. The quantitative estimate of drug-likeness (QED) is 0.927. The number of aromatic carboxylic acids is 1. The SMILES string of the molecule is Cn1nc(C(=O)O)c(Br)c1-c1ccc(F)c(F)c1.